The number of carbonyl (C=O) groups is 1. The molecule has 2 rings (SSSR count). The van der Waals surface area contributed by atoms with Crippen LogP contribution in [0.25, 0.3) is 10.9 Å². The van der Waals surface area contributed by atoms with Crippen molar-refractivity contribution in [2.24, 2.45) is 0 Å². The Bertz CT molecular complexity index is 502. The average Bonchev–Trinajstić information content (AvgIpc) is 2.60. The molecule has 4 nitrogen and oxygen atoms in total. The maximum atomic E-state index is 11.6. The standard InChI is InChI=1S/C11H11NO3/c1-7-3-4-9-8(5-7)11(15-12-9)10(13)6-14-2/h3-5H,6H2,1-2H3. The Hall–Kier alpha value is -1.68. The summed E-state index contributed by atoms with van der Waals surface area (Å²) in [6.45, 7) is 1.97. The number of hydrogen-bond acceptors (Lipinski definition) is 4. The zero-order valence-electron chi connectivity index (χ0n) is 8.61. The first-order valence-corrected chi connectivity index (χ1v) is 4.60. The zero-order chi connectivity index (χ0) is 10.8. The van der Waals surface area contributed by atoms with Crippen molar-refractivity contribution in [3.63, 3.8) is 0 Å². The molecule has 0 saturated carbocycles. The second kappa shape index (κ2) is 3.82. The van der Waals surface area contributed by atoms with Crippen LogP contribution in [0.3, 0.4) is 0 Å². The first kappa shape index (κ1) is 9.86. The van der Waals surface area contributed by atoms with Gasteiger partial charge in [0.25, 0.3) is 0 Å². The molecule has 15 heavy (non-hydrogen) atoms. The normalized spacial score (nSPS) is 10.8. The molecular weight excluding hydrogens is 194 g/mol. The number of aryl methyl sites for hydroxylation is 1. The molecule has 78 valence electrons. The van der Waals surface area contributed by atoms with Gasteiger partial charge >= 0.3 is 0 Å². The van der Waals surface area contributed by atoms with Gasteiger partial charge in [-0.25, -0.2) is 0 Å². The number of methoxy groups -OCH3 is 1. The number of nitrogens with zero attached hydrogens (tertiary/aromatic N) is 1. The molecule has 2 aromatic rings. The van der Waals surface area contributed by atoms with Crippen LogP contribution in [-0.2, 0) is 4.74 Å². The van der Waals surface area contributed by atoms with Gasteiger partial charge in [0, 0.05) is 7.11 Å². The van der Waals surface area contributed by atoms with Crippen LogP contribution in [0.4, 0.5) is 0 Å². The van der Waals surface area contributed by atoms with Crippen molar-refractivity contribution >= 4 is 16.7 Å². The molecule has 1 aromatic heterocycles. The summed E-state index contributed by atoms with van der Waals surface area (Å²) in [7, 11) is 1.47. The highest BCUT2D eigenvalue weighted by Crippen LogP contribution is 2.19. The van der Waals surface area contributed by atoms with E-state index < -0.39 is 0 Å². The monoisotopic (exact) mass is 205 g/mol. The lowest BCUT2D eigenvalue weighted by Gasteiger charge is -1.95. The lowest BCUT2D eigenvalue weighted by Crippen LogP contribution is -2.05. The Balaban J connectivity index is 2.52. The molecule has 0 atom stereocenters. The second-order valence-corrected chi connectivity index (χ2v) is 3.39. The maximum Gasteiger partial charge on any atom is 0.227 e. The fraction of sp³-hybridized carbons (Fsp3) is 0.273. The predicted octanol–water partition coefficient (Wildman–Crippen LogP) is 1.97. The highest BCUT2D eigenvalue weighted by molar-refractivity contribution is 6.05. The molecule has 0 unspecified atom stereocenters. The highest BCUT2D eigenvalue weighted by atomic mass is 16.5. The quantitative estimate of drug-likeness (QED) is 0.719. The Morgan fingerprint density at radius 1 is 1.53 bits per heavy atom. The third-order valence-corrected chi connectivity index (χ3v) is 2.16. The molecular formula is C11H11NO3. The number of rotatable bonds is 3. The molecule has 0 fully saturated rings. The number of carbonyl (C=O) groups excluding carboxylic acids is 1. The van der Waals surface area contributed by atoms with Gasteiger partial charge in [-0.2, -0.15) is 0 Å². The summed E-state index contributed by atoms with van der Waals surface area (Å²) in [5.74, 6) is 0.0844. The summed E-state index contributed by atoms with van der Waals surface area (Å²) < 4.78 is 9.77. The van der Waals surface area contributed by atoms with Crippen molar-refractivity contribution in [2.75, 3.05) is 13.7 Å². The van der Waals surface area contributed by atoms with Gasteiger partial charge in [-0.15, -0.1) is 0 Å². The van der Waals surface area contributed by atoms with Crippen LogP contribution in [0.2, 0.25) is 0 Å². The van der Waals surface area contributed by atoms with E-state index in [2.05, 4.69) is 5.16 Å². The van der Waals surface area contributed by atoms with Crippen LogP contribution in [0.15, 0.2) is 22.7 Å². The summed E-state index contributed by atoms with van der Waals surface area (Å²) in [5, 5.41) is 4.56. The van der Waals surface area contributed by atoms with Crippen LogP contribution in [-0.4, -0.2) is 24.7 Å². The Morgan fingerprint density at radius 3 is 3.07 bits per heavy atom. The summed E-state index contributed by atoms with van der Waals surface area (Å²) >= 11 is 0. The van der Waals surface area contributed by atoms with Crippen molar-refractivity contribution in [1.29, 1.82) is 0 Å². The van der Waals surface area contributed by atoms with Crippen molar-refractivity contribution in [1.82, 2.24) is 5.16 Å². The van der Waals surface area contributed by atoms with Crippen LogP contribution >= 0.6 is 0 Å². The minimum Gasteiger partial charge on any atom is -0.376 e. The Labute approximate surface area is 86.8 Å². The first-order valence-electron chi connectivity index (χ1n) is 4.60. The van der Waals surface area contributed by atoms with E-state index >= 15 is 0 Å². The van der Waals surface area contributed by atoms with Gasteiger partial charge in [-0.05, 0) is 19.1 Å². The summed E-state index contributed by atoms with van der Waals surface area (Å²) in [6.07, 6.45) is 0. The number of fused-ring (bicyclic) bond motifs is 1. The first-order chi connectivity index (χ1) is 7.22. The van der Waals surface area contributed by atoms with Gasteiger partial charge < -0.3 is 9.26 Å². The van der Waals surface area contributed by atoms with Gasteiger partial charge in [-0.1, -0.05) is 16.8 Å². The number of ether oxygens (including phenoxy) is 1. The number of hydrogen-bond donors (Lipinski definition) is 0. The average molecular weight is 205 g/mol. The van der Waals surface area contributed by atoms with Crippen molar-refractivity contribution in [3.8, 4) is 0 Å². The third-order valence-electron chi connectivity index (χ3n) is 2.16. The van der Waals surface area contributed by atoms with Crippen molar-refractivity contribution in [2.45, 2.75) is 6.92 Å². The largest absolute Gasteiger partial charge is 0.376 e. The van der Waals surface area contributed by atoms with Crippen LogP contribution in [0.1, 0.15) is 16.1 Å². The van der Waals surface area contributed by atoms with Crippen LogP contribution < -0.4 is 0 Å². The lowest BCUT2D eigenvalue weighted by molar-refractivity contribution is 0.0813. The van der Waals surface area contributed by atoms with Gasteiger partial charge in [0.1, 0.15) is 12.1 Å². The Kier molecular flexibility index (Phi) is 2.51. The molecule has 0 aliphatic carbocycles. The molecule has 4 heteroatoms. The molecule has 0 aliphatic rings. The number of ketones is 1. The number of aromatic nitrogens is 1. The summed E-state index contributed by atoms with van der Waals surface area (Å²) in [5.41, 5.74) is 1.76. The topological polar surface area (TPSA) is 52.3 Å². The summed E-state index contributed by atoms with van der Waals surface area (Å²) in [6, 6.07) is 5.64. The van der Waals surface area contributed by atoms with E-state index in [1.807, 2.05) is 25.1 Å². The molecule has 0 radical (unpaired) electrons. The molecule has 1 aromatic carbocycles. The van der Waals surface area contributed by atoms with Gasteiger partial charge in [0.05, 0.1) is 5.39 Å². The smallest absolute Gasteiger partial charge is 0.227 e. The van der Waals surface area contributed by atoms with E-state index in [9.17, 15) is 4.79 Å². The van der Waals surface area contributed by atoms with Crippen LogP contribution in [0, 0.1) is 6.92 Å². The van der Waals surface area contributed by atoms with E-state index in [1.54, 1.807) is 0 Å². The molecule has 1 heterocycles. The Morgan fingerprint density at radius 2 is 2.33 bits per heavy atom. The van der Waals surface area contributed by atoms with E-state index in [1.165, 1.54) is 7.11 Å². The van der Waals surface area contributed by atoms with Crippen molar-refractivity contribution < 1.29 is 14.1 Å². The maximum absolute atomic E-state index is 11.6. The van der Waals surface area contributed by atoms with E-state index in [4.69, 9.17) is 9.26 Å². The molecule has 0 bridgehead atoms. The molecule has 0 N–H and O–H groups in total. The number of benzene rings is 1. The number of Topliss-reactive ketones (excluding diaryl/α,β-unsaturated/α-hetero) is 1. The predicted molar refractivity (Wildman–Crippen MR) is 55.0 cm³/mol. The molecule has 0 aliphatic heterocycles. The fourth-order valence-corrected chi connectivity index (χ4v) is 1.45. The molecule has 0 amide bonds. The third kappa shape index (κ3) is 1.76. The summed E-state index contributed by atoms with van der Waals surface area (Å²) in [4.78, 5) is 11.6. The van der Waals surface area contributed by atoms with Gasteiger partial charge in [-0.3, -0.25) is 4.79 Å². The lowest BCUT2D eigenvalue weighted by atomic mass is 10.1. The highest BCUT2D eigenvalue weighted by Gasteiger charge is 2.15. The van der Waals surface area contributed by atoms with E-state index in [0.29, 0.717) is 5.52 Å². The van der Waals surface area contributed by atoms with Crippen molar-refractivity contribution in [3.05, 3.63) is 29.5 Å². The second-order valence-electron chi connectivity index (χ2n) is 3.39. The van der Waals surface area contributed by atoms with E-state index in [0.717, 1.165) is 10.9 Å². The minimum atomic E-state index is -0.189. The van der Waals surface area contributed by atoms with Crippen LogP contribution in [0.5, 0.6) is 0 Å². The van der Waals surface area contributed by atoms with Gasteiger partial charge in [0.15, 0.2) is 0 Å². The van der Waals surface area contributed by atoms with Gasteiger partial charge in [0.2, 0.25) is 11.5 Å². The molecule has 0 spiro atoms. The fourth-order valence-electron chi connectivity index (χ4n) is 1.45. The SMILES string of the molecule is COCC(=O)c1onc2ccc(C)cc12. The zero-order valence-corrected chi connectivity index (χ0v) is 8.61. The van der Waals surface area contributed by atoms with E-state index in [-0.39, 0.29) is 18.2 Å². The minimum absolute atomic E-state index is 0.0121. The molecule has 0 saturated heterocycles.